The Bertz CT molecular complexity index is 775. The first kappa shape index (κ1) is 15.2. The summed E-state index contributed by atoms with van der Waals surface area (Å²) in [6, 6.07) is 8.94. The molecule has 0 aliphatic rings. The number of hydrogen-bond acceptors (Lipinski definition) is 5. The van der Waals surface area contributed by atoms with Crippen molar-refractivity contribution in [3.63, 3.8) is 0 Å². The lowest BCUT2D eigenvalue weighted by atomic mass is 10.2. The Balaban J connectivity index is 1.73. The number of aromatic nitrogens is 3. The summed E-state index contributed by atoms with van der Waals surface area (Å²) in [5.41, 5.74) is 0.688. The number of hydrogen-bond donors (Lipinski definition) is 1. The number of benzene rings is 1. The minimum atomic E-state index is -0.296. The molecule has 23 heavy (non-hydrogen) atoms. The predicted octanol–water partition coefficient (Wildman–Crippen LogP) is 2.16. The third kappa shape index (κ3) is 3.24. The van der Waals surface area contributed by atoms with Crippen LogP contribution in [0, 0.1) is 0 Å². The first-order valence-corrected chi connectivity index (χ1v) is 7.35. The zero-order chi connectivity index (χ0) is 16.2. The Hall–Kier alpha value is -2.67. The van der Waals surface area contributed by atoms with E-state index in [0.717, 1.165) is 5.39 Å². The van der Waals surface area contributed by atoms with Crippen LogP contribution in [-0.2, 0) is 11.3 Å². The van der Waals surface area contributed by atoms with E-state index in [1.54, 1.807) is 19.5 Å². The van der Waals surface area contributed by atoms with Crippen molar-refractivity contribution in [3.8, 4) is 0 Å². The average molecular weight is 314 g/mol. The van der Waals surface area contributed by atoms with Crippen molar-refractivity contribution < 1.29 is 13.9 Å². The molecule has 7 nitrogen and oxygen atoms in total. The van der Waals surface area contributed by atoms with Crippen LogP contribution in [0.1, 0.15) is 29.3 Å². The molecule has 0 fully saturated rings. The monoisotopic (exact) mass is 314 g/mol. The summed E-state index contributed by atoms with van der Waals surface area (Å²) in [5.74, 6) is 0.669. The van der Waals surface area contributed by atoms with Gasteiger partial charge < -0.3 is 19.0 Å². The molecule has 0 radical (unpaired) electrons. The summed E-state index contributed by atoms with van der Waals surface area (Å²) in [5, 5.41) is 11.7. The number of nitrogens with one attached hydrogen (secondary N) is 1. The molecule has 0 saturated carbocycles. The van der Waals surface area contributed by atoms with E-state index in [9.17, 15) is 4.79 Å². The number of ether oxygens (including phenoxy) is 1. The fourth-order valence-corrected chi connectivity index (χ4v) is 2.39. The van der Waals surface area contributed by atoms with Gasteiger partial charge in [0.25, 0.3) is 5.91 Å². The van der Waals surface area contributed by atoms with Crippen LogP contribution in [0.3, 0.4) is 0 Å². The summed E-state index contributed by atoms with van der Waals surface area (Å²) in [6.07, 6.45) is 1.62. The summed E-state index contributed by atoms with van der Waals surface area (Å²) in [4.78, 5) is 12.4. The fraction of sp³-hybridized carbons (Fsp3) is 0.312. The molecule has 1 N–H and O–H groups in total. The fourth-order valence-electron chi connectivity index (χ4n) is 2.39. The molecule has 120 valence electrons. The highest BCUT2D eigenvalue weighted by atomic mass is 16.5. The van der Waals surface area contributed by atoms with Crippen molar-refractivity contribution in [1.82, 2.24) is 20.1 Å². The van der Waals surface area contributed by atoms with E-state index in [0.29, 0.717) is 24.6 Å². The van der Waals surface area contributed by atoms with Crippen LogP contribution in [0.5, 0.6) is 0 Å². The van der Waals surface area contributed by atoms with Crippen molar-refractivity contribution in [2.75, 3.05) is 13.7 Å². The minimum absolute atomic E-state index is 0.279. The van der Waals surface area contributed by atoms with E-state index >= 15 is 0 Å². The minimum Gasteiger partial charge on any atom is -0.451 e. The molecule has 0 spiro atoms. The van der Waals surface area contributed by atoms with E-state index in [1.807, 2.05) is 35.8 Å². The van der Waals surface area contributed by atoms with Gasteiger partial charge in [0.05, 0.1) is 12.6 Å². The van der Waals surface area contributed by atoms with Gasteiger partial charge >= 0.3 is 0 Å². The Kier molecular flexibility index (Phi) is 4.38. The number of amides is 1. The van der Waals surface area contributed by atoms with Crippen LogP contribution in [0.4, 0.5) is 0 Å². The Labute approximate surface area is 133 Å². The third-order valence-corrected chi connectivity index (χ3v) is 3.57. The van der Waals surface area contributed by atoms with Crippen LogP contribution in [0.25, 0.3) is 11.0 Å². The van der Waals surface area contributed by atoms with E-state index in [4.69, 9.17) is 9.15 Å². The lowest BCUT2D eigenvalue weighted by Gasteiger charge is -2.13. The van der Waals surface area contributed by atoms with Gasteiger partial charge in [0.2, 0.25) is 0 Å². The van der Waals surface area contributed by atoms with Crippen molar-refractivity contribution in [2.24, 2.45) is 0 Å². The molecule has 3 rings (SSSR count). The Morgan fingerprint density at radius 3 is 3.04 bits per heavy atom. The first-order chi connectivity index (χ1) is 11.2. The van der Waals surface area contributed by atoms with Gasteiger partial charge in [-0.05, 0) is 19.1 Å². The molecule has 1 amide bonds. The standard InChI is InChI=1S/C16H18N4O3/c1-11(15-19-17-10-20(15)7-8-22-2)18-16(21)14-9-12-5-3-4-6-13(12)23-14/h3-6,9-11H,7-8H2,1-2H3,(H,18,21)/t11-/m1/s1. The van der Waals surface area contributed by atoms with E-state index in [-0.39, 0.29) is 17.7 Å². The molecule has 2 heterocycles. The zero-order valence-electron chi connectivity index (χ0n) is 13.0. The normalized spacial score (nSPS) is 12.4. The molecule has 7 heteroatoms. The Morgan fingerprint density at radius 2 is 2.26 bits per heavy atom. The second-order valence-corrected chi connectivity index (χ2v) is 5.22. The average Bonchev–Trinajstić information content (AvgIpc) is 3.19. The highest BCUT2D eigenvalue weighted by Gasteiger charge is 2.19. The molecule has 0 saturated heterocycles. The molecule has 3 aromatic rings. The van der Waals surface area contributed by atoms with Crippen molar-refractivity contribution in [2.45, 2.75) is 19.5 Å². The first-order valence-electron chi connectivity index (χ1n) is 7.35. The van der Waals surface area contributed by atoms with Gasteiger partial charge in [0.1, 0.15) is 11.9 Å². The number of fused-ring (bicyclic) bond motifs is 1. The maximum absolute atomic E-state index is 12.4. The second kappa shape index (κ2) is 6.62. The van der Waals surface area contributed by atoms with Crippen LogP contribution in [0.15, 0.2) is 41.1 Å². The number of para-hydroxylation sites is 1. The van der Waals surface area contributed by atoms with Gasteiger partial charge in [-0.25, -0.2) is 0 Å². The number of rotatable bonds is 6. The second-order valence-electron chi connectivity index (χ2n) is 5.22. The molecule has 1 aromatic carbocycles. The van der Waals surface area contributed by atoms with E-state index < -0.39 is 0 Å². The highest BCUT2D eigenvalue weighted by Crippen LogP contribution is 2.19. The third-order valence-electron chi connectivity index (χ3n) is 3.57. The number of methoxy groups -OCH3 is 1. The quantitative estimate of drug-likeness (QED) is 0.754. The molecular formula is C16H18N4O3. The lowest BCUT2D eigenvalue weighted by molar-refractivity contribution is 0.0911. The van der Waals surface area contributed by atoms with Crippen LogP contribution in [-0.4, -0.2) is 34.4 Å². The molecule has 0 aliphatic heterocycles. The topological polar surface area (TPSA) is 82.2 Å². The van der Waals surface area contributed by atoms with Crippen molar-refractivity contribution in [3.05, 3.63) is 48.2 Å². The lowest BCUT2D eigenvalue weighted by Crippen LogP contribution is -2.28. The molecule has 0 aliphatic carbocycles. The molecular weight excluding hydrogens is 296 g/mol. The number of carbonyl (C=O) groups excluding carboxylic acids is 1. The SMILES string of the molecule is COCCn1cnnc1[C@@H](C)NC(=O)c1cc2ccccc2o1. The zero-order valence-corrected chi connectivity index (χ0v) is 13.0. The molecule has 1 atom stereocenters. The van der Waals surface area contributed by atoms with Crippen LogP contribution in [0.2, 0.25) is 0 Å². The molecule has 0 unspecified atom stereocenters. The summed E-state index contributed by atoms with van der Waals surface area (Å²) < 4.78 is 12.5. The van der Waals surface area contributed by atoms with Gasteiger partial charge in [-0.15, -0.1) is 10.2 Å². The smallest absolute Gasteiger partial charge is 0.287 e. The van der Waals surface area contributed by atoms with Crippen molar-refractivity contribution >= 4 is 16.9 Å². The number of nitrogens with zero attached hydrogens (tertiary/aromatic N) is 3. The maximum atomic E-state index is 12.4. The number of carbonyl (C=O) groups is 1. The van der Waals surface area contributed by atoms with Gasteiger partial charge in [-0.1, -0.05) is 18.2 Å². The summed E-state index contributed by atoms with van der Waals surface area (Å²) in [6.45, 7) is 3.03. The summed E-state index contributed by atoms with van der Waals surface area (Å²) in [7, 11) is 1.64. The maximum Gasteiger partial charge on any atom is 0.287 e. The predicted molar refractivity (Wildman–Crippen MR) is 84.0 cm³/mol. The Morgan fingerprint density at radius 1 is 1.43 bits per heavy atom. The number of furan rings is 1. The molecule has 0 bridgehead atoms. The van der Waals surface area contributed by atoms with Gasteiger partial charge in [0.15, 0.2) is 11.6 Å². The van der Waals surface area contributed by atoms with Crippen LogP contribution < -0.4 is 5.32 Å². The summed E-state index contributed by atoms with van der Waals surface area (Å²) >= 11 is 0. The van der Waals surface area contributed by atoms with Crippen molar-refractivity contribution in [1.29, 1.82) is 0 Å². The van der Waals surface area contributed by atoms with Gasteiger partial charge in [0, 0.05) is 19.0 Å². The molecule has 2 aromatic heterocycles. The van der Waals surface area contributed by atoms with Gasteiger partial charge in [-0.3, -0.25) is 4.79 Å². The highest BCUT2D eigenvalue weighted by molar-refractivity contribution is 5.96. The van der Waals surface area contributed by atoms with E-state index in [2.05, 4.69) is 15.5 Å². The van der Waals surface area contributed by atoms with Crippen LogP contribution >= 0.6 is 0 Å². The van der Waals surface area contributed by atoms with Gasteiger partial charge in [-0.2, -0.15) is 0 Å². The largest absolute Gasteiger partial charge is 0.451 e. The van der Waals surface area contributed by atoms with E-state index in [1.165, 1.54) is 0 Å².